The van der Waals surface area contributed by atoms with E-state index in [0.29, 0.717) is 38.1 Å². The minimum Gasteiger partial charge on any atom is -0.486 e. The number of fused-ring (bicyclic) bond motifs is 1. The summed E-state index contributed by atoms with van der Waals surface area (Å²) in [6, 6.07) is 11.6. The molecule has 2 heterocycles. The largest absolute Gasteiger partial charge is 0.486 e. The summed E-state index contributed by atoms with van der Waals surface area (Å²) in [6.07, 6.45) is 1.76. The second-order valence-corrected chi connectivity index (χ2v) is 8.77. The summed E-state index contributed by atoms with van der Waals surface area (Å²) in [5.74, 6) is 0.927. The molecule has 140 valence electrons. The number of piperidine rings is 1. The monoisotopic (exact) mass is 475 g/mol. The van der Waals surface area contributed by atoms with Gasteiger partial charge >= 0.3 is 0 Å². The first-order valence-electron chi connectivity index (χ1n) is 9.26. The first-order chi connectivity index (χ1) is 12.9. The number of benzene rings is 2. The van der Waals surface area contributed by atoms with E-state index in [9.17, 15) is 9.59 Å². The summed E-state index contributed by atoms with van der Waals surface area (Å²) in [5, 5.41) is 0. The maximum Gasteiger partial charge on any atom is 0.254 e. The van der Waals surface area contributed by atoms with E-state index in [1.807, 2.05) is 55.1 Å². The van der Waals surface area contributed by atoms with Gasteiger partial charge in [-0.2, -0.15) is 0 Å². The zero-order valence-electron chi connectivity index (χ0n) is 15.5. The fourth-order valence-electron chi connectivity index (χ4n) is 4.22. The minimum atomic E-state index is -0.481. The number of ketones is 1. The summed E-state index contributed by atoms with van der Waals surface area (Å²) in [4.78, 5) is 27.6. The predicted octanol–water partition coefficient (Wildman–Crippen LogP) is 4.55. The fourth-order valence-corrected chi connectivity index (χ4v) is 4.84. The molecule has 4 nitrogen and oxygen atoms in total. The smallest absolute Gasteiger partial charge is 0.254 e. The molecular weight excluding hydrogens is 453 g/mol. The molecule has 0 aliphatic carbocycles. The van der Waals surface area contributed by atoms with E-state index in [2.05, 4.69) is 22.6 Å². The highest BCUT2D eigenvalue weighted by molar-refractivity contribution is 14.1. The summed E-state index contributed by atoms with van der Waals surface area (Å²) in [6.45, 7) is 5.20. The van der Waals surface area contributed by atoms with Gasteiger partial charge in [-0.3, -0.25) is 9.59 Å². The highest BCUT2D eigenvalue weighted by atomic mass is 127. The lowest BCUT2D eigenvalue weighted by molar-refractivity contribution is -0.00583. The zero-order valence-corrected chi connectivity index (χ0v) is 17.7. The Labute approximate surface area is 173 Å². The fraction of sp³-hybridized carbons (Fsp3) is 0.364. The molecule has 0 radical (unpaired) electrons. The Hall–Kier alpha value is -1.89. The van der Waals surface area contributed by atoms with Gasteiger partial charge < -0.3 is 9.64 Å². The topological polar surface area (TPSA) is 46.6 Å². The van der Waals surface area contributed by atoms with Crippen LogP contribution in [-0.4, -0.2) is 35.3 Å². The average molecular weight is 475 g/mol. The van der Waals surface area contributed by atoms with Crippen molar-refractivity contribution in [2.24, 2.45) is 0 Å². The van der Waals surface area contributed by atoms with Gasteiger partial charge in [0.15, 0.2) is 5.78 Å². The van der Waals surface area contributed by atoms with Crippen molar-refractivity contribution in [3.63, 3.8) is 0 Å². The molecule has 0 atom stereocenters. The molecular formula is C22H22INO3. The Morgan fingerprint density at radius 3 is 2.56 bits per heavy atom. The van der Waals surface area contributed by atoms with E-state index >= 15 is 0 Å². The van der Waals surface area contributed by atoms with Gasteiger partial charge in [-0.25, -0.2) is 0 Å². The summed E-state index contributed by atoms with van der Waals surface area (Å²) >= 11 is 2.20. The van der Waals surface area contributed by atoms with Crippen molar-refractivity contribution in [3.8, 4) is 5.75 Å². The van der Waals surface area contributed by atoms with Gasteiger partial charge in [0.1, 0.15) is 11.4 Å². The highest BCUT2D eigenvalue weighted by Crippen LogP contribution is 2.41. The summed E-state index contributed by atoms with van der Waals surface area (Å²) in [7, 11) is 0. The zero-order chi connectivity index (χ0) is 19.2. The molecule has 5 heteroatoms. The lowest BCUT2D eigenvalue weighted by Gasteiger charge is -2.44. The highest BCUT2D eigenvalue weighted by Gasteiger charge is 2.44. The number of aryl methyl sites for hydroxylation is 2. The van der Waals surface area contributed by atoms with E-state index in [0.717, 1.165) is 25.8 Å². The van der Waals surface area contributed by atoms with E-state index in [4.69, 9.17) is 4.74 Å². The lowest BCUT2D eigenvalue weighted by atomic mass is 9.81. The maximum absolute atomic E-state index is 12.9. The third-order valence-electron chi connectivity index (χ3n) is 5.60. The molecule has 27 heavy (non-hydrogen) atoms. The van der Waals surface area contributed by atoms with Crippen LogP contribution in [0.2, 0.25) is 0 Å². The van der Waals surface area contributed by atoms with Crippen LogP contribution < -0.4 is 4.74 Å². The van der Waals surface area contributed by atoms with Gasteiger partial charge in [-0.15, -0.1) is 0 Å². The van der Waals surface area contributed by atoms with Gasteiger partial charge in [-0.1, -0.05) is 18.2 Å². The molecule has 1 saturated heterocycles. The number of carbonyl (C=O) groups is 2. The first-order valence-corrected chi connectivity index (χ1v) is 10.3. The van der Waals surface area contributed by atoms with Crippen molar-refractivity contribution in [1.82, 2.24) is 4.90 Å². The van der Waals surface area contributed by atoms with Crippen molar-refractivity contribution in [2.75, 3.05) is 13.1 Å². The SMILES string of the molecule is Cc1cc(C)c2c(c1)OC1(CCN(C(=O)c3ccccc3I)CC1)CC2=O. The number of ether oxygens (including phenoxy) is 1. The van der Waals surface area contributed by atoms with Crippen LogP contribution >= 0.6 is 22.6 Å². The van der Waals surface area contributed by atoms with E-state index < -0.39 is 5.60 Å². The van der Waals surface area contributed by atoms with Crippen LogP contribution in [0.4, 0.5) is 0 Å². The molecule has 4 rings (SSSR count). The van der Waals surface area contributed by atoms with Crippen LogP contribution in [0.3, 0.4) is 0 Å². The molecule has 1 amide bonds. The molecule has 1 fully saturated rings. The van der Waals surface area contributed by atoms with E-state index in [-0.39, 0.29) is 11.7 Å². The number of nitrogens with zero attached hydrogens (tertiary/aromatic N) is 1. The van der Waals surface area contributed by atoms with Crippen LogP contribution in [0.1, 0.15) is 51.1 Å². The summed E-state index contributed by atoms with van der Waals surface area (Å²) in [5.41, 5.74) is 3.07. The Bertz CT molecular complexity index is 929. The molecule has 2 aliphatic rings. The van der Waals surface area contributed by atoms with Crippen molar-refractivity contribution >= 4 is 34.3 Å². The van der Waals surface area contributed by atoms with Crippen LogP contribution in [0.15, 0.2) is 36.4 Å². The lowest BCUT2D eigenvalue weighted by Crippen LogP contribution is -2.52. The standard InChI is InChI=1S/C22H22INO3/c1-14-11-15(2)20-18(25)13-22(27-19(20)12-14)7-9-24(10-8-22)21(26)16-5-3-4-6-17(16)23/h3-6,11-12H,7-10,13H2,1-2H3. The normalized spacial score (nSPS) is 18.2. The molecule has 2 aliphatic heterocycles. The van der Waals surface area contributed by atoms with Crippen molar-refractivity contribution in [3.05, 3.63) is 62.2 Å². The first kappa shape index (κ1) is 18.5. The van der Waals surface area contributed by atoms with E-state index in [1.165, 1.54) is 0 Å². The number of Topliss-reactive ketones (excluding diaryl/α,β-unsaturated/α-hetero) is 1. The maximum atomic E-state index is 12.9. The van der Waals surface area contributed by atoms with Gasteiger partial charge in [0.2, 0.25) is 0 Å². The van der Waals surface area contributed by atoms with Crippen molar-refractivity contribution in [1.29, 1.82) is 0 Å². The molecule has 2 aromatic carbocycles. The second-order valence-electron chi connectivity index (χ2n) is 7.61. The number of carbonyl (C=O) groups excluding carboxylic acids is 2. The van der Waals surface area contributed by atoms with Gasteiger partial charge in [0.25, 0.3) is 5.91 Å². The van der Waals surface area contributed by atoms with Gasteiger partial charge in [-0.05, 0) is 65.8 Å². The van der Waals surface area contributed by atoms with Crippen LogP contribution in [0, 0.1) is 17.4 Å². The summed E-state index contributed by atoms with van der Waals surface area (Å²) < 4.78 is 7.35. The van der Waals surface area contributed by atoms with Crippen molar-refractivity contribution < 1.29 is 14.3 Å². The Kier molecular flexibility index (Phi) is 4.74. The number of likely N-dealkylation sites (tertiary alicyclic amines) is 1. The van der Waals surface area contributed by atoms with E-state index in [1.54, 1.807) is 0 Å². The third-order valence-corrected chi connectivity index (χ3v) is 6.54. The van der Waals surface area contributed by atoms with Crippen molar-refractivity contribution in [2.45, 2.75) is 38.7 Å². The van der Waals surface area contributed by atoms with Crippen LogP contribution in [0.25, 0.3) is 0 Å². The van der Waals surface area contributed by atoms with Gasteiger partial charge in [0.05, 0.1) is 17.5 Å². The molecule has 0 aromatic heterocycles. The third kappa shape index (κ3) is 3.37. The number of hydrogen-bond donors (Lipinski definition) is 0. The van der Waals surface area contributed by atoms with Crippen LogP contribution in [-0.2, 0) is 0 Å². The predicted molar refractivity (Wildman–Crippen MR) is 113 cm³/mol. The number of rotatable bonds is 1. The number of halogens is 1. The average Bonchev–Trinajstić information content (AvgIpc) is 2.61. The Morgan fingerprint density at radius 2 is 1.85 bits per heavy atom. The molecule has 0 saturated carbocycles. The molecule has 0 unspecified atom stereocenters. The second kappa shape index (κ2) is 6.93. The Morgan fingerprint density at radius 1 is 1.15 bits per heavy atom. The molecule has 2 aromatic rings. The van der Waals surface area contributed by atoms with Crippen LogP contribution in [0.5, 0.6) is 5.75 Å². The van der Waals surface area contributed by atoms with Gasteiger partial charge in [0, 0.05) is 29.5 Å². The molecule has 0 bridgehead atoms. The number of amides is 1. The number of hydrogen-bond acceptors (Lipinski definition) is 3. The molecule has 0 N–H and O–H groups in total. The Balaban J connectivity index is 1.53. The quantitative estimate of drug-likeness (QED) is 0.569. The minimum absolute atomic E-state index is 0.0593. The molecule has 1 spiro atoms.